The van der Waals surface area contributed by atoms with E-state index in [2.05, 4.69) is 21.2 Å². The van der Waals surface area contributed by atoms with Gasteiger partial charge in [0, 0.05) is 23.7 Å². The lowest BCUT2D eigenvalue weighted by molar-refractivity contribution is -0.385. The molecule has 0 aromatic heterocycles. The van der Waals surface area contributed by atoms with Crippen LogP contribution in [0.3, 0.4) is 0 Å². The van der Waals surface area contributed by atoms with Crippen LogP contribution in [0.2, 0.25) is 0 Å². The second-order valence-corrected chi connectivity index (χ2v) is 5.05. The summed E-state index contributed by atoms with van der Waals surface area (Å²) < 4.78 is 13.7. The largest absolute Gasteiger partial charge is 0.348 e. The van der Waals surface area contributed by atoms with Gasteiger partial charge >= 0.3 is 0 Å². The molecule has 0 fully saturated rings. The Morgan fingerprint density at radius 2 is 2.00 bits per heavy atom. The number of nitro benzene ring substituents is 1. The fraction of sp³-hybridized carbons (Fsp3) is 0.0714. The Kier molecular flexibility index (Phi) is 4.64. The maximum absolute atomic E-state index is 13.4. The zero-order valence-electron chi connectivity index (χ0n) is 10.7. The highest BCUT2D eigenvalue weighted by molar-refractivity contribution is 9.10. The molecule has 0 bridgehead atoms. The third-order valence-electron chi connectivity index (χ3n) is 2.80. The fourth-order valence-corrected chi connectivity index (χ4v) is 2.10. The van der Waals surface area contributed by atoms with Gasteiger partial charge in [-0.1, -0.05) is 18.2 Å². The molecular weight excluding hydrogens is 343 g/mol. The van der Waals surface area contributed by atoms with Crippen molar-refractivity contribution in [3.8, 4) is 0 Å². The summed E-state index contributed by atoms with van der Waals surface area (Å²) in [5.74, 6) is -0.923. The molecule has 0 saturated heterocycles. The van der Waals surface area contributed by atoms with Crippen molar-refractivity contribution >= 4 is 27.5 Å². The van der Waals surface area contributed by atoms with Gasteiger partial charge < -0.3 is 5.32 Å². The topological polar surface area (TPSA) is 72.2 Å². The van der Waals surface area contributed by atoms with E-state index < -0.39 is 16.6 Å². The lowest BCUT2D eigenvalue weighted by Gasteiger charge is -2.06. The highest BCUT2D eigenvalue weighted by Crippen LogP contribution is 2.25. The number of nitro groups is 1. The van der Waals surface area contributed by atoms with Crippen LogP contribution in [0.25, 0.3) is 0 Å². The van der Waals surface area contributed by atoms with Crippen LogP contribution in [0.4, 0.5) is 10.1 Å². The molecule has 0 radical (unpaired) electrons. The molecule has 0 unspecified atom stereocenters. The van der Waals surface area contributed by atoms with Gasteiger partial charge in [0.2, 0.25) is 0 Å². The van der Waals surface area contributed by atoms with Crippen molar-refractivity contribution in [2.45, 2.75) is 6.54 Å². The number of hydrogen-bond donors (Lipinski definition) is 1. The number of rotatable bonds is 4. The lowest BCUT2D eigenvalue weighted by atomic mass is 10.1. The summed E-state index contributed by atoms with van der Waals surface area (Å²) in [6.07, 6.45) is 0. The van der Waals surface area contributed by atoms with E-state index in [9.17, 15) is 19.3 Å². The Labute approximate surface area is 128 Å². The van der Waals surface area contributed by atoms with Crippen molar-refractivity contribution in [3.05, 3.63) is 74.0 Å². The van der Waals surface area contributed by atoms with Crippen LogP contribution in [-0.4, -0.2) is 10.8 Å². The van der Waals surface area contributed by atoms with E-state index in [4.69, 9.17) is 0 Å². The zero-order valence-corrected chi connectivity index (χ0v) is 12.3. The van der Waals surface area contributed by atoms with E-state index in [0.717, 1.165) is 0 Å². The molecule has 0 saturated carbocycles. The third-order valence-corrected chi connectivity index (χ3v) is 3.47. The number of carbonyl (C=O) groups excluding carboxylic acids is 1. The van der Waals surface area contributed by atoms with Gasteiger partial charge in [-0.25, -0.2) is 4.39 Å². The van der Waals surface area contributed by atoms with Gasteiger partial charge in [0.05, 0.1) is 9.40 Å². The molecule has 0 spiro atoms. The second-order valence-electron chi connectivity index (χ2n) is 4.20. The molecule has 21 heavy (non-hydrogen) atoms. The average Bonchev–Trinajstić information content (AvgIpc) is 2.46. The molecule has 108 valence electrons. The summed E-state index contributed by atoms with van der Waals surface area (Å²) >= 11 is 3.04. The molecular formula is C14H10BrFN2O3. The van der Waals surface area contributed by atoms with Crippen molar-refractivity contribution in [1.82, 2.24) is 5.32 Å². The molecule has 1 amide bonds. The number of carbonyl (C=O) groups is 1. The van der Waals surface area contributed by atoms with E-state index in [1.165, 1.54) is 24.3 Å². The van der Waals surface area contributed by atoms with E-state index in [-0.39, 0.29) is 22.3 Å². The maximum atomic E-state index is 13.4. The Morgan fingerprint density at radius 3 is 2.67 bits per heavy atom. The predicted molar refractivity (Wildman–Crippen MR) is 78.4 cm³/mol. The van der Waals surface area contributed by atoms with E-state index in [1.807, 2.05) is 0 Å². The molecule has 0 heterocycles. The molecule has 0 aliphatic heterocycles. The molecule has 7 heteroatoms. The summed E-state index contributed by atoms with van der Waals surface area (Å²) in [6.45, 7) is 0.00929. The van der Waals surface area contributed by atoms with Gasteiger partial charge in [0.1, 0.15) is 5.82 Å². The van der Waals surface area contributed by atoms with Gasteiger partial charge in [0.25, 0.3) is 11.6 Å². The minimum atomic E-state index is -0.586. The van der Waals surface area contributed by atoms with Gasteiger partial charge in [-0.05, 0) is 34.1 Å². The molecule has 1 N–H and O–H groups in total. The summed E-state index contributed by atoms with van der Waals surface area (Å²) in [6, 6.07) is 10.1. The number of hydrogen-bond acceptors (Lipinski definition) is 3. The zero-order chi connectivity index (χ0) is 15.4. The highest BCUT2D eigenvalue weighted by atomic mass is 79.9. The number of nitrogens with one attached hydrogen (secondary N) is 1. The minimum absolute atomic E-state index is 0.00929. The number of halogens is 2. The molecule has 0 atom stereocenters. The van der Waals surface area contributed by atoms with Crippen LogP contribution in [-0.2, 0) is 6.54 Å². The standard InChI is InChI=1S/C14H10BrFN2O3/c15-11-6-5-9(7-13(11)18(20)21)14(19)17-8-10-3-1-2-4-12(10)16/h1-7H,8H2,(H,17,19). The summed E-state index contributed by atoms with van der Waals surface area (Å²) in [5, 5.41) is 13.3. The van der Waals surface area contributed by atoms with Crippen molar-refractivity contribution in [2.75, 3.05) is 0 Å². The van der Waals surface area contributed by atoms with Gasteiger partial charge in [-0.15, -0.1) is 0 Å². The third kappa shape index (κ3) is 3.63. The monoisotopic (exact) mass is 352 g/mol. The van der Waals surface area contributed by atoms with E-state index in [0.29, 0.717) is 5.56 Å². The molecule has 2 aromatic rings. The van der Waals surface area contributed by atoms with Crippen LogP contribution in [0.15, 0.2) is 46.9 Å². The first-order valence-corrected chi connectivity index (χ1v) is 6.74. The highest BCUT2D eigenvalue weighted by Gasteiger charge is 2.16. The number of amides is 1. The Hall–Kier alpha value is -2.28. The predicted octanol–water partition coefficient (Wildman–Crippen LogP) is 3.43. The molecule has 0 aliphatic rings. The number of benzene rings is 2. The van der Waals surface area contributed by atoms with Crippen LogP contribution in [0, 0.1) is 15.9 Å². The first kappa shape index (κ1) is 15.1. The van der Waals surface area contributed by atoms with E-state index >= 15 is 0 Å². The van der Waals surface area contributed by atoms with Crippen LogP contribution in [0.1, 0.15) is 15.9 Å². The van der Waals surface area contributed by atoms with Crippen molar-refractivity contribution in [1.29, 1.82) is 0 Å². The first-order chi connectivity index (χ1) is 9.99. The van der Waals surface area contributed by atoms with E-state index in [1.54, 1.807) is 18.2 Å². The van der Waals surface area contributed by atoms with Crippen LogP contribution < -0.4 is 5.32 Å². The smallest absolute Gasteiger partial charge is 0.284 e. The Bertz CT molecular complexity index is 706. The first-order valence-electron chi connectivity index (χ1n) is 5.94. The van der Waals surface area contributed by atoms with Gasteiger partial charge in [-0.2, -0.15) is 0 Å². The molecule has 2 aromatic carbocycles. The van der Waals surface area contributed by atoms with Crippen molar-refractivity contribution < 1.29 is 14.1 Å². The van der Waals surface area contributed by atoms with Crippen LogP contribution >= 0.6 is 15.9 Å². The lowest BCUT2D eigenvalue weighted by Crippen LogP contribution is -2.23. The van der Waals surface area contributed by atoms with Crippen molar-refractivity contribution in [3.63, 3.8) is 0 Å². The fourth-order valence-electron chi connectivity index (χ4n) is 1.71. The summed E-state index contributed by atoms with van der Waals surface area (Å²) in [5.41, 5.74) is 0.284. The minimum Gasteiger partial charge on any atom is -0.348 e. The Balaban J connectivity index is 2.12. The summed E-state index contributed by atoms with van der Waals surface area (Å²) in [7, 11) is 0. The van der Waals surface area contributed by atoms with Crippen LogP contribution in [0.5, 0.6) is 0 Å². The normalized spacial score (nSPS) is 10.2. The SMILES string of the molecule is O=C(NCc1ccccc1F)c1ccc(Br)c([N+](=O)[O-])c1. The average molecular weight is 353 g/mol. The van der Waals surface area contributed by atoms with Gasteiger partial charge in [0.15, 0.2) is 0 Å². The van der Waals surface area contributed by atoms with Gasteiger partial charge in [-0.3, -0.25) is 14.9 Å². The Morgan fingerprint density at radius 1 is 1.29 bits per heavy atom. The molecule has 2 rings (SSSR count). The quantitative estimate of drug-likeness (QED) is 0.676. The number of nitrogens with zero attached hydrogens (tertiary/aromatic N) is 1. The molecule has 5 nitrogen and oxygen atoms in total. The maximum Gasteiger partial charge on any atom is 0.284 e. The van der Waals surface area contributed by atoms with Crippen molar-refractivity contribution in [2.24, 2.45) is 0 Å². The molecule has 0 aliphatic carbocycles. The second kappa shape index (κ2) is 6.45. The summed E-state index contributed by atoms with van der Waals surface area (Å²) in [4.78, 5) is 22.2.